The monoisotopic (exact) mass is 500 g/mol. The predicted octanol–water partition coefficient (Wildman–Crippen LogP) is 1.81. The van der Waals surface area contributed by atoms with Gasteiger partial charge in [0.05, 0.1) is 18.1 Å². The molecule has 2 aromatic rings. The second kappa shape index (κ2) is 9.40. The zero-order valence-electron chi connectivity index (χ0n) is 19.8. The number of amides is 4. The second-order valence-electron chi connectivity index (χ2n) is 8.76. The highest BCUT2D eigenvalue weighted by Crippen LogP contribution is 2.30. The van der Waals surface area contributed by atoms with Crippen molar-refractivity contribution in [1.82, 2.24) is 14.5 Å². The molecular weight excluding hydrogens is 472 g/mol. The maximum Gasteiger partial charge on any atom is 0.326 e. The van der Waals surface area contributed by atoms with E-state index in [0.29, 0.717) is 24.3 Å². The average molecular weight is 501 g/mol. The van der Waals surface area contributed by atoms with Gasteiger partial charge in [-0.25, -0.2) is 18.1 Å². The van der Waals surface area contributed by atoms with Gasteiger partial charge in [0.25, 0.3) is 5.91 Å². The summed E-state index contributed by atoms with van der Waals surface area (Å²) in [6.07, 6.45) is 0. The number of urea groups is 1. The van der Waals surface area contributed by atoms with E-state index in [4.69, 9.17) is 4.74 Å². The van der Waals surface area contributed by atoms with Gasteiger partial charge in [0.2, 0.25) is 15.9 Å². The Balaban J connectivity index is 1.54. The molecule has 2 heterocycles. The molecule has 2 aliphatic heterocycles. The number of hydrogen-bond donors (Lipinski definition) is 2. The maximum absolute atomic E-state index is 13.2. The molecule has 2 atom stereocenters. The van der Waals surface area contributed by atoms with Crippen molar-refractivity contribution in [2.75, 3.05) is 31.6 Å². The first-order chi connectivity index (χ1) is 16.6. The lowest BCUT2D eigenvalue weighted by atomic mass is 9.92. The number of morpholine rings is 1. The van der Waals surface area contributed by atoms with E-state index in [9.17, 15) is 22.8 Å². The van der Waals surface area contributed by atoms with Gasteiger partial charge < -0.3 is 15.4 Å². The number of aryl methyl sites for hydroxylation is 1. The van der Waals surface area contributed by atoms with E-state index in [2.05, 4.69) is 10.6 Å². The Morgan fingerprint density at radius 3 is 2.43 bits per heavy atom. The number of imide groups is 1. The number of ether oxygens (including phenoxy) is 1. The Labute approximate surface area is 204 Å². The minimum absolute atomic E-state index is 0.0801. The quantitative estimate of drug-likeness (QED) is 0.583. The highest BCUT2D eigenvalue weighted by Gasteiger charge is 2.51. The highest BCUT2D eigenvalue weighted by atomic mass is 32.2. The van der Waals surface area contributed by atoms with Crippen molar-refractivity contribution < 1.29 is 27.5 Å². The summed E-state index contributed by atoms with van der Waals surface area (Å²) in [5.74, 6) is -1.17. The Morgan fingerprint density at radius 1 is 1.11 bits per heavy atom. The van der Waals surface area contributed by atoms with E-state index in [1.54, 1.807) is 56.3 Å². The van der Waals surface area contributed by atoms with E-state index in [-0.39, 0.29) is 23.7 Å². The van der Waals surface area contributed by atoms with Crippen molar-refractivity contribution in [2.24, 2.45) is 0 Å². The molecule has 11 heteroatoms. The van der Waals surface area contributed by atoms with Gasteiger partial charge in [-0.15, -0.1) is 0 Å². The predicted molar refractivity (Wildman–Crippen MR) is 128 cm³/mol. The van der Waals surface area contributed by atoms with Crippen LogP contribution in [0.2, 0.25) is 0 Å². The van der Waals surface area contributed by atoms with Gasteiger partial charge in [-0.05, 0) is 44.0 Å². The van der Waals surface area contributed by atoms with Crippen LogP contribution in [-0.2, 0) is 29.9 Å². The van der Waals surface area contributed by atoms with Crippen molar-refractivity contribution in [1.29, 1.82) is 0 Å². The maximum atomic E-state index is 13.2. The summed E-state index contributed by atoms with van der Waals surface area (Å²) in [6.45, 7) is 5.86. The first-order valence-corrected chi connectivity index (χ1v) is 12.7. The van der Waals surface area contributed by atoms with Crippen molar-refractivity contribution in [3.63, 3.8) is 0 Å². The van der Waals surface area contributed by atoms with Crippen LogP contribution in [0, 0.1) is 6.92 Å². The molecule has 2 saturated heterocycles. The summed E-state index contributed by atoms with van der Waals surface area (Å²) >= 11 is 0. The van der Waals surface area contributed by atoms with Crippen molar-refractivity contribution in [2.45, 2.75) is 37.2 Å². The van der Waals surface area contributed by atoms with Gasteiger partial charge in [0.15, 0.2) is 0 Å². The molecule has 2 aromatic carbocycles. The number of hydrogen-bond acceptors (Lipinski definition) is 6. The van der Waals surface area contributed by atoms with Crippen LogP contribution in [0.3, 0.4) is 0 Å². The molecule has 2 aliphatic rings. The fourth-order valence-corrected chi connectivity index (χ4v) is 5.88. The Hall–Kier alpha value is -3.28. The lowest BCUT2D eigenvalue weighted by Crippen LogP contribution is -2.47. The van der Waals surface area contributed by atoms with E-state index in [1.165, 1.54) is 17.3 Å². The molecule has 35 heavy (non-hydrogen) atoms. The summed E-state index contributed by atoms with van der Waals surface area (Å²) in [7, 11) is -3.78. The SMILES string of the molecule is Cc1ccc(NC(=O)C(C)N2C(=O)NC(C)(c3ccccc3)C2=O)cc1S(=O)(=O)N1CCOCC1. The third kappa shape index (κ3) is 4.54. The molecule has 0 aliphatic carbocycles. The van der Waals surface area contributed by atoms with Gasteiger partial charge in [0.1, 0.15) is 11.6 Å². The summed E-state index contributed by atoms with van der Waals surface area (Å²) < 4.78 is 32.9. The largest absolute Gasteiger partial charge is 0.379 e. The number of benzene rings is 2. The molecule has 0 saturated carbocycles. The van der Waals surface area contributed by atoms with E-state index in [0.717, 1.165) is 4.90 Å². The number of nitrogens with zero attached hydrogens (tertiary/aromatic N) is 2. The van der Waals surface area contributed by atoms with Crippen LogP contribution < -0.4 is 10.6 Å². The summed E-state index contributed by atoms with van der Waals surface area (Å²) in [6, 6.07) is 11.6. The molecule has 2 fully saturated rings. The Bertz CT molecular complexity index is 1260. The molecule has 186 valence electrons. The van der Waals surface area contributed by atoms with Gasteiger partial charge >= 0.3 is 6.03 Å². The molecule has 4 amide bonds. The van der Waals surface area contributed by atoms with E-state index < -0.39 is 39.4 Å². The van der Waals surface area contributed by atoms with Gasteiger partial charge in [-0.2, -0.15) is 4.31 Å². The first-order valence-electron chi connectivity index (χ1n) is 11.3. The Kier molecular flexibility index (Phi) is 6.67. The fraction of sp³-hybridized carbons (Fsp3) is 0.375. The highest BCUT2D eigenvalue weighted by molar-refractivity contribution is 7.89. The first kappa shape index (κ1) is 24.8. The average Bonchev–Trinajstić information content (AvgIpc) is 3.09. The van der Waals surface area contributed by atoms with Crippen molar-refractivity contribution >= 4 is 33.6 Å². The van der Waals surface area contributed by atoms with Crippen LogP contribution in [-0.4, -0.2) is 67.8 Å². The topological polar surface area (TPSA) is 125 Å². The van der Waals surface area contributed by atoms with E-state index >= 15 is 0 Å². The number of anilines is 1. The summed E-state index contributed by atoms with van der Waals surface area (Å²) in [5.41, 5.74) is 0.0910. The lowest BCUT2D eigenvalue weighted by Gasteiger charge is -2.27. The molecule has 10 nitrogen and oxygen atoms in total. The number of rotatable bonds is 6. The summed E-state index contributed by atoms with van der Waals surface area (Å²) in [4.78, 5) is 39.9. The normalized spacial score (nSPS) is 22.1. The second-order valence-corrected chi connectivity index (χ2v) is 10.7. The summed E-state index contributed by atoms with van der Waals surface area (Å²) in [5, 5.41) is 5.33. The molecule has 4 rings (SSSR count). The number of carbonyl (C=O) groups is 3. The molecule has 2 N–H and O–H groups in total. The van der Waals surface area contributed by atoms with Crippen LogP contribution in [0.25, 0.3) is 0 Å². The van der Waals surface area contributed by atoms with Crippen LogP contribution in [0.1, 0.15) is 25.0 Å². The number of nitrogens with one attached hydrogen (secondary N) is 2. The van der Waals surface area contributed by atoms with Gasteiger partial charge in [-0.1, -0.05) is 36.4 Å². The molecule has 0 bridgehead atoms. The van der Waals surface area contributed by atoms with Crippen LogP contribution in [0.15, 0.2) is 53.4 Å². The number of sulfonamides is 1. The van der Waals surface area contributed by atoms with Crippen molar-refractivity contribution in [3.8, 4) is 0 Å². The zero-order valence-corrected chi connectivity index (χ0v) is 20.6. The molecule has 0 spiro atoms. The fourth-order valence-electron chi connectivity index (χ4n) is 4.23. The smallest absolute Gasteiger partial charge is 0.326 e. The molecule has 0 radical (unpaired) electrons. The third-order valence-electron chi connectivity index (χ3n) is 6.38. The van der Waals surface area contributed by atoms with E-state index in [1.807, 2.05) is 0 Å². The minimum atomic E-state index is -3.78. The van der Waals surface area contributed by atoms with Crippen molar-refractivity contribution in [3.05, 3.63) is 59.7 Å². The molecule has 2 unspecified atom stereocenters. The van der Waals surface area contributed by atoms with Gasteiger partial charge in [-0.3, -0.25) is 9.59 Å². The van der Waals surface area contributed by atoms with Crippen LogP contribution >= 0.6 is 0 Å². The number of carbonyl (C=O) groups excluding carboxylic acids is 3. The van der Waals surface area contributed by atoms with Gasteiger partial charge in [0, 0.05) is 18.8 Å². The van der Waals surface area contributed by atoms with Crippen LogP contribution in [0.4, 0.5) is 10.5 Å². The lowest BCUT2D eigenvalue weighted by molar-refractivity contribution is -0.136. The standard InChI is InChI=1S/C24H28N4O6S/c1-16-9-10-19(15-20(16)35(32,33)27-11-13-34-14-12-27)25-21(29)17(2)28-22(30)24(3,26-23(28)31)18-7-5-4-6-8-18/h4-10,15,17H,11-14H2,1-3H3,(H,25,29)(H,26,31). The minimum Gasteiger partial charge on any atom is -0.379 e. The third-order valence-corrected chi connectivity index (χ3v) is 8.42. The zero-order chi connectivity index (χ0) is 25.4. The Morgan fingerprint density at radius 2 is 1.77 bits per heavy atom. The molecule has 0 aromatic heterocycles. The molecular formula is C24H28N4O6S. The van der Waals surface area contributed by atoms with Crippen LogP contribution in [0.5, 0.6) is 0 Å².